The normalized spacial score (nSPS) is 43.7. The van der Waals surface area contributed by atoms with Gasteiger partial charge in [-0.2, -0.15) is 0 Å². The molecule has 7 aliphatic rings. The smallest absolute Gasteiger partial charge is 0.338 e. The summed E-state index contributed by atoms with van der Waals surface area (Å²) in [4.78, 5) is 25.4. The molecule has 9 rings (SSSR count). The number of aromatic hydroxyl groups is 1. The predicted octanol–water partition coefficient (Wildman–Crippen LogP) is 0.213. The first-order valence-corrected chi connectivity index (χ1v) is 14.1. The van der Waals surface area contributed by atoms with E-state index < -0.39 is 83.9 Å². The van der Waals surface area contributed by atoms with E-state index >= 15 is 0 Å². The standard InChI is InChI=1S/C30H32O13/c1-27-13-29(37)19-11-30(27,28(19,26(42-27)43-29)14-39-24(36)15-5-3-2-4-6-15)41-25-22(34)21(33)20(32)18(40-25)12-38-23(35)16-7-9-17(31)10-8-16/h2-10,18-22,25-26,31-34,37H,11-14H2,1H3/t18-,19-,20-,21+,22-,25+,26-,27+,28+,29-,30+/m1/s1. The van der Waals surface area contributed by atoms with Gasteiger partial charge in [0.1, 0.15) is 54.6 Å². The number of rotatable bonds is 8. The van der Waals surface area contributed by atoms with Gasteiger partial charge in [-0.3, -0.25) is 0 Å². The molecular formula is C30H32O13. The van der Waals surface area contributed by atoms with E-state index in [4.69, 9.17) is 28.4 Å². The number of aliphatic hydroxyl groups excluding tert-OH is 3. The number of hydrogen-bond donors (Lipinski definition) is 5. The van der Waals surface area contributed by atoms with Crippen molar-refractivity contribution in [2.45, 2.75) is 73.8 Å². The fraction of sp³-hybridized carbons (Fsp3) is 0.533. The third-order valence-corrected chi connectivity index (χ3v) is 9.87. The lowest BCUT2D eigenvalue weighted by Crippen LogP contribution is -2.80. The van der Waals surface area contributed by atoms with E-state index in [-0.39, 0.29) is 30.8 Å². The molecular weight excluding hydrogens is 568 g/mol. The summed E-state index contributed by atoms with van der Waals surface area (Å²) >= 11 is 0. The molecule has 43 heavy (non-hydrogen) atoms. The topological polar surface area (TPSA) is 191 Å². The van der Waals surface area contributed by atoms with Crippen molar-refractivity contribution in [1.29, 1.82) is 0 Å². The highest BCUT2D eigenvalue weighted by molar-refractivity contribution is 5.89. The first-order chi connectivity index (χ1) is 20.4. The Bertz CT molecular complexity index is 1420. The lowest BCUT2D eigenvalue weighted by molar-refractivity contribution is -0.424. The molecule has 2 aromatic carbocycles. The van der Waals surface area contributed by atoms with E-state index in [1.54, 1.807) is 37.3 Å². The second kappa shape index (κ2) is 9.68. The molecule has 6 bridgehead atoms. The number of ether oxygens (including phenoxy) is 6. The molecule has 0 aromatic heterocycles. The van der Waals surface area contributed by atoms with E-state index in [1.807, 2.05) is 0 Å². The van der Waals surface area contributed by atoms with Gasteiger partial charge in [0, 0.05) is 12.3 Å². The van der Waals surface area contributed by atoms with Gasteiger partial charge < -0.3 is 54.0 Å². The molecule has 5 N–H and O–H groups in total. The number of phenols is 1. The number of hydrogen-bond acceptors (Lipinski definition) is 13. The van der Waals surface area contributed by atoms with E-state index in [0.717, 1.165) is 0 Å². The first kappa shape index (κ1) is 28.6. The van der Waals surface area contributed by atoms with E-state index in [9.17, 15) is 35.1 Å². The van der Waals surface area contributed by atoms with Gasteiger partial charge in [-0.25, -0.2) is 9.59 Å². The molecule has 230 valence electrons. The van der Waals surface area contributed by atoms with Crippen molar-refractivity contribution in [3.63, 3.8) is 0 Å². The van der Waals surface area contributed by atoms with E-state index in [1.165, 1.54) is 24.3 Å². The summed E-state index contributed by atoms with van der Waals surface area (Å²) in [5.41, 5.74) is -3.12. The molecule has 4 aliphatic heterocycles. The van der Waals surface area contributed by atoms with Crippen LogP contribution in [-0.2, 0) is 28.4 Å². The number of carbonyl (C=O) groups excluding carboxylic acids is 2. The van der Waals surface area contributed by atoms with Crippen molar-refractivity contribution in [1.82, 2.24) is 0 Å². The third kappa shape index (κ3) is 3.93. The van der Waals surface area contributed by atoms with Crippen LogP contribution in [-0.4, -0.2) is 105 Å². The molecule has 4 saturated heterocycles. The van der Waals surface area contributed by atoms with Crippen LogP contribution in [0.25, 0.3) is 0 Å². The summed E-state index contributed by atoms with van der Waals surface area (Å²) in [6, 6.07) is 13.8. The highest BCUT2D eigenvalue weighted by Gasteiger charge is 2.94. The lowest BCUT2D eigenvalue weighted by Gasteiger charge is -2.67. The fourth-order valence-corrected chi connectivity index (χ4v) is 7.70. The predicted molar refractivity (Wildman–Crippen MR) is 140 cm³/mol. The van der Waals surface area contributed by atoms with Gasteiger partial charge in [0.05, 0.1) is 16.5 Å². The molecule has 13 nitrogen and oxygen atoms in total. The summed E-state index contributed by atoms with van der Waals surface area (Å²) in [5.74, 6) is -3.44. The number of esters is 2. The van der Waals surface area contributed by atoms with Crippen molar-refractivity contribution < 1.29 is 63.5 Å². The summed E-state index contributed by atoms with van der Waals surface area (Å²) in [6.45, 7) is 1.02. The van der Waals surface area contributed by atoms with Crippen LogP contribution in [0.2, 0.25) is 0 Å². The Labute approximate surface area is 245 Å². The van der Waals surface area contributed by atoms with Crippen LogP contribution in [0.1, 0.15) is 40.5 Å². The Balaban J connectivity index is 1.12. The average Bonchev–Trinajstić information content (AvgIpc) is 3.18. The van der Waals surface area contributed by atoms with Crippen LogP contribution in [0.4, 0.5) is 0 Å². The minimum atomic E-state index is -1.72. The number of aliphatic hydroxyl groups is 4. The molecule has 3 saturated carbocycles. The van der Waals surface area contributed by atoms with Crippen LogP contribution in [0, 0.1) is 11.3 Å². The zero-order chi connectivity index (χ0) is 30.4. The van der Waals surface area contributed by atoms with Gasteiger partial charge in [0.2, 0.25) is 0 Å². The van der Waals surface area contributed by atoms with Gasteiger partial charge in [-0.05, 0) is 49.7 Å². The first-order valence-electron chi connectivity index (χ1n) is 14.1. The fourth-order valence-electron chi connectivity index (χ4n) is 7.70. The molecule has 7 fully saturated rings. The largest absolute Gasteiger partial charge is 0.508 e. The maximum atomic E-state index is 12.9. The van der Waals surface area contributed by atoms with Crippen LogP contribution >= 0.6 is 0 Å². The summed E-state index contributed by atoms with van der Waals surface area (Å²) in [5, 5.41) is 53.1. The second-order valence-electron chi connectivity index (χ2n) is 12.2. The minimum Gasteiger partial charge on any atom is -0.508 e. The molecule has 0 amide bonds. The quantitative estimate of drug-likeness (QED) is 0.259. The molecule has 13 heteroatoms. The molecule has 0 spiro atoms. The summed E-state index contributed by atoms with van der Waals surface area (Å²) in [6.07, 6.45) is -8.60. The molecule has 11 atom stereocenters. The number of phenolic OH excluding ortho intramolecular Hbond substituents is 1. The zero-order valence-electron chi connectivity index (χ0n) is 23.1. The van der Waals surface area contributed by atoms with Gasteiger partial charge in [-0.15, -0.1) is 0 Å². The van der Waals surface area contributed by atoms with Gasteiger partial charge in [0.15, 0.2) is 18.4 Å². The highest BCUT2D eigenvalue weighted by atomic mass is 16.8. The van der Waals surface area contributed by atoms with Gasteiger partial charge >= 0.3 is 11.9 Å². The lowest BCUT2D eigenvalue weighted by atomic mass is 9.41. The Morgan fingerprint density at radius 2 is 1.58 bits per heavy atom. The summed E-state index contributed by atoms with van der Waals surface area (Å²) < 4.78 is 35.6. The Hall–Kier alpha value is -3.14. The monoisotopic (exact) mass is 600 g/mol. The maximum absolute atomic E-state index is 12.9. The minimum absolute atomic E-state index is 0.0331. The van der Waals surface area contributed by atoms with Gasteiger partial charge in [0.25, 0.3) is 0 Å². The van der Waals surface area contributed by atoms with Crippen LogP contribution in [0.5, 0.6) is 5.75 Å². The van der Waals surface area contributed by atoms with Crippen LogP contribution in [0.15, 0.2) is 54.6 Å². The molecule has 3 aliphatic carbocycles. The van der Waals surface area contributed by atoms with Crippen molar-refractivity contribution in [2.24, 2.45) is 11.3 Å². The molecule has 2 aromatic rings. The molecule has 4 heterocycles. The SMILES string of the molecule is C[C@@]12C[C@@]3(O)O[C@@H](O1)[C@]1(COC(=O)c4ccccc4)[C@H]3C[C@@]12O[C@@H]1O[C@H](COC(=O)c2ccc(O)cc2)[C@@H](O)[C@H](O)[C@H]1O. The maximum Gasteiger partial charge on any atom is 0.338 e. The van der Waals surface area contributed by atoms with Crippen LogP contribution in [0.3, 0.4) is 0 Å². The van der Waals surface area contributed by atoms with E-state index in [2.05, 4.69) is 0 Å². The summed E-state index contributed by atoms with van der Waals surface area (Å²) in [7, 11) is 0. The number of carbonyl (C=O) groups is 2. The van der Waals surface area contributed by atoms with Crippen molar-refractivity contribution in [3.05, 3.63) is 65.7 Å². The Kier molecular flexibility index (Phi) is 6.44. The zero-order valence-corrected chi connectivity index (χ0v) is 23.1. The average molecular weight is 601 g/mol. The number of benzene rings is 2. The third-order valence-electron chi connectivity index (χ3n) is 9.87. The Morgan fingerprint density at radius 3 is 2.30 bits per heavy atom. The Morgan fingerprint density at radius 1 is 0.907 bits per heavy atom. The van der Waals surface area contributed by atoms with Gasteiger partial charge in [-0.1, -0.05) is 18.2 Å². The van der Waals surface area contributed by atoms with Crippen molar-refractivity contribution in [3.8, 4) is 5.75 Å². The van der Waals surface area contributed by atoms with Crippen LogP contribution < -0.4 is 0 Å². The second-order valence-corrected chi connectivity index (χ2v) is 12.2. The molecule has 0 radical (unpaired) electrons. The van der Waals surface area contributed by atoms with Crippen molar-refractivity contribution >= 4 is 11.9 Å². The van der Waals surface area contributed by atoms with E-state index in [0.29, 0.717) is 5.56 Å². The van der Waals surface area contributed by atoms with Crippen molar-refractivity contribution in [2.75, 3.05) is 13.2 Å². The highest BCUT2D eigenvalue weighted by Crippen LogP contribution is 2.81. The molecule has 0 unspecified atom stereocenters.